The van der Waals surface area contributed by atoms with E-state index in [1.807, 2.05) is 32.0 Å². The topological polar surface area (TPSA) is 56.8 Å². The second kappa shape index (κ2) is 7.73. The van der Waals surface area contributed by atoms with Gasteiger partial charge < -0.3 is 19.5 Å². The highest BCUT2D eigenvalue weighted by Crippen LogP contribution is 2.29. The van der Waals surface area contributed by atoms with Crippen LogP contribution in [0.3, 0.4) is 0 Å². The number of aryl methyl sites for hydroxylation is 2. The fourth-order valence-electron chi connectivity index (χ4n) is 2.19. The first kappa shape index (κ1) is 17.7. The molecule has 0 aliphatic carbocycles. The zero-order chi connectivity index (χ0) is 17.7. The van der Waals surface area contributed by atoms with Crippen LogP contribution in [0, 0.1) is 13.8 Å². The van der Waals surface area contributed by atoms with Gasteiger partial charge in [-0.2, -0.15) is 0 Å². The van der Waals surface area contributed by atoms with E-state index in [4.69, 9.17) is 14.2 Å². The van der Waals surface area contributed by atoms with Gasteiger partial charge in [-0.25, -0.2) is 0 Å². The van der Waals surface area contributed by atoms with Crippen LogP contribution in [-0.4, -0.2) is 26.2 Å². The lowest BCUT2D eigenvalue weighted by Crippen LogP contribution is -2.30. The standard InChI is InChI=1S/C19H23NO4/c1-12-6-7-16(10-13(12)2)24-14(3)19(21)20-17-11-15(22-4)8-9-18(17)23-5/h6-11,14H,1-5H3,(H,20,21)/t14-/m0/s1. The second-order valence-electron chi connectivity index (χ2n) is 5.56. The normalized spacial score (nSPS) is 11.5. The molecule has 24 heavy (non-hydrogen) atoms. The Morgan fingerprint density at radius 3 is 2.29 bits per heavy atom. The van der Waals surface area contributed by atoms with Crippen LogP contribution in [0.4, 0.5) is 5.69 Å². The maximum absolute atomic E-state index is 12.4. The van der Waals surface area contributed by atoms with E-state index in [-0.39, 0.29) is 5.91 Å². The van der Waals surface area contributed by atoms with Crippen molar-refractivity contribution in [3.05, 3.63) is 47.5 Å². The summed E-state index contributed by atoms with van der Waals surface area (Å²) < 4.78 is 16.2. The number of amides is 1. The number of rotatable bonds is 6. The highest BCUT2D eigenvalue weighted by Gasteiger charge is 2.17. The maximum Gasteiger partial charge on any atom is 0.265 e. The lowest BCUT2D eigenvalue weighted by Gasteiger charge is -2.17. The minimum absolute atomic E-state index is 0.264. The Kier molecular flexibility index (Phi) is 5.68. The van der Waals surface area contributed by atoms with E-state index in [0.717, 1.165) is 5.56 Å². The van der Waals surface area contributed by atoms with Crippen molar-refractivity contribution in [1.82, 2.24) is 0 Å². The van der Waals surface area contributed by atoms with Crippen LogP contribution in [0.1, 0.15) is 18.1 Å². The summed E-state index contributed by atoms with van der Waals surface area (Å²) in [6.45, 7) is 5.75. The Labute approximate surface area is 142 Å². The SMILES string of the molecule is COc1ccc(OC)c(NC(=O)[C@H](C)Oc2ccc(C)c(C)c2)c1. The van der Waals surface area contributed by atoms with Crippen LogP contribution in [0.5, 0.6) is 17.2 Å². The van der Waals surface area contributed by atoms with Gasteiger partial charge >= 0.3 is 0 Å². The molecule has 0 fully saturated rings. The van der Waals surface area contributed by atoms with Crippen molar-refractivity contribution < 1.29 is 19.0 Å². The Morgan fingerprint density at radius 2 is 1.67 bits per heavy atom. The van der Waals surface area contributed by atoms with Gasteiger partial charge in [0.2, 0.25) is 0 Å². The number of carbonyl (C=O) groups excluding carboxylic acids is 1. The van der Waals surface area contributed by atoms with E-state index in [9.17, 15) is 4.79 Å². The third kappa shape index (κ3) is 4.19. The van der Waals surface area contributed by atoms with E-state index >= 15 is 0 Å². The minimum Gasteiger partial charge on any atom is -0.497 e. The summed E-state index contributed by atoms with van der Waals surface area (Å²) in [4.78, 5) is 12.4. The second-order valence-corrected chi connectivity index (χ2v) is 5.56. The molecule has 0 heterocycles. The molecule has 0 aliphatic rings. The molecule has 2 aromatic rings. The maximum atomic E-state index is 12.4. The number of nitrogens with one attached hydrogen (secondary N) is 1. The summed E-state index contributed by atoms with van der Waals surface area (Å²) in [5, 5.41) is 2.81. The van der Waals surface area contributed by atoms with Crippen LogP contribution in [0.2, 0.25) is 0 Å². The average molecular weight is 329 g/mol. The first-order valence-corrected chi connectivity index (χ1v) is 7.71. The molecule has 0 aliphatic heterocycles. The van der Waals surface area contributed by atoms with Gasteiger partial charge in [0.15, 0.2) is 6.10 Å². The van der Waals surface area contributed by atoms with Gasteiger partial charge in [-0.1, -0.05) is 6.07 Å². The number of carbonyl (C=O) groups is 1. The van der Waals surface area contributed by atoms with E-state index in [2.05, 4.69) is 5.32 Å². The summed E-state index contributed by atoms with van der Waals surface area (Å²) in [5.41, 5.74) is 2.84. The summed E-state index contributed by atoms with van der Waals surface area (Å²) in [6.07, 6.45) is -0.650. The Bertz CT molecular complexity index is 727. The van der Waals surface area contributed by atoms with Crippen molar-refractivity contribution in [1.29, 1.82) is 0 Å². The average Bonchev–Trinajstić information content (AvgIpc) is 2.58. The summed E-state index contributed by atoms with van der Waals surface area (Å²) in [6, 6.07) is 11.0. The van der Waals surface area contributed by atoms with Crippen LogP contribution >= 0.6 is 0 Å². The molecule has 0 aromatic heterocycles. The number of methoxy groups -OCH3 is 2. The van der Waals surface area contributed by atoms with Gasteiger partial charge in [0.25, 0.3) is 5.91 Å². The molecule has 0 radical (unpaired) electrons. The van der Waals surface area contributed by atoms with E-state index in [1.54, 1.807) is 39.3 Å². The van der Waals surface area contributed by atoms with E-state index in [1.165, 1.54) is 5.56 Å². The molecule has 2 rings (SSSR count). The Hall–Kier alpha value is -2.69. The van der Waals surface area contributed by atoms with Crippen LogP contribution in [-0.2, 0) is 4.79 Å². The van der Waals surface area contributed by atoms with Gasteiger partial charge in [0.1, 0.15) is 17.2 Å². The summed E-state index contributed by atoms with van der Waals surface area (Å²) in [5.74, 6) is 1.59. The summed E-state index contributed by atoms with van der Waals surface area (Å²) >= 11 is 0. The molecule has 0 saturated carbocycles. The van der Waals surface area contributed by atoms with Crippen LogP contribution in [0.25, 0.3) is 0 Å². The number of anilines is 1. The van der Waals surface area contributed by atoms with Crippen molar-refractivity contribution in [2.75, 3.05) is 19.5 Å². The van der Waals surface area contributed by atoms with Crippen LogP contribution < -0.4 is 19.5 Å². The molecule has 1 N–H and O–H groups in total. The van der Waals surface area contributed by atoms with Crippen molar-refractivity contribution in [3.63, 3.8) is 0 Å². The predicted molar refractivity (Wildman–Crippen MR) is 94.2 cm³/mol. The fourth-order valence-corrected chi connectivity index (χ4v) is 2.19. The first-order valence-electron chi connectivity index (χ1n) is 7.71. The monoisotopic (exact) mass is 329 g/mol. The van der Waals surface area contributed by atoms with Crippen molar-refractivity contribution in [2.24, 2.45) is 0 Å². The number of ether oxygens (including phenoxy) is 3. The molecule has 128 valence electrons. The zero-order valence-electron chi connectivity index (χ0n) is 14.7. The molecular formula is C19H23NO4. The van der Waals surface area contributed by atoms with Gasteiger partial charge in [-0.05, 0) is 56.2 Å². The highest BCUT2D eigenvalue weighted by molar-refractivity contribution is 5.95. The number of hydrogen-bond acceptors (Lipinski definition) is 4. The number of hydrogen-bond donors (Lipinski definition) is 1. The fraction of sp³-hybridized carbons (Fsp3) is 0.316. The highest BCUT2D eigenvalue weighted by atomic mass is 16.5. The predicted octanol–water partition coefficient (Wildman–Crippen LogP) is 3.73. The Morgan fingerprint density at radius 1 is 0.958 bits per heavy atom. The molecule has 1 atom stereocenters. The van der Waals surface area contributed by atoms with Crippen molar-refractivity contribution in [3.8, 4) is 17.2 Å². The molecule has 5 nitrogen and oxygen atoms in total. The van der Waals surface area contributed by atoms with Gasteiger partial charge in [-0.15, -0.1) is 0 Å². The van der Waals surface area contributed by atoms with E-state index in [0.29, 0.717) is 22.9 Å². The van der Waals surface area contributed by atoms with E-state index < -0.39 is 6.10 Å². The van der Waals surface area contributed by atoms with Gasteiger partial charge in [0.05, 0.1) is 19.9 Å². The quantitative estimate of drug-likeness (QED) is 0.877. The molecule has 2 aromatic carbocycles. The molecule has 0 saturated heterocycles. The van der Waals surface area contributed by atoms with Crippen molar-refractivity contribution in [2.45, 2.75) is 26.9 Å². The van der Waals surface area contributed by atoms with Gasteiger partial charge in [-0.3, -0.25) is 4.79 Å². The first-order chi connectivity index (χ1) is 11.4. The van der Waals surface area contributed by atoms with Crippen molar-refractivity contribution >= 4 is 11.6 Å². The lowest BCUT2D eigenvalue weighted by molar-refractivity contribution is -0.122. The molecule has 0 spiro atoms. The smallest absolute Gasteiger partial charge is 0.265 e. The largest absolute Gasteiger partial charge is 0.497 e. The molecule has 1 amide bonds. The molecule has 0 unspecified atom stereocenters. The number of benzene rings is 2. The van der Waals surface area contributed by atoms with Crippen LogP contribution in [0.15, 0.2) is 36.4 Å². The Balaban J connectivity index is 2.09. The molecule has 5 heteroatoms. The summed E-state index contributed by atoms with van der Waals surface area (Å²) in [7, 11) is 3.12. The lowest BCUT2D eigenvalue weighted by atomic mass is 10.1. The molecular weight excluding hydrogens is 306 g/mol. The third-order valence-corrected chi connectivity index (χ3v) is 3.82. The molecule has 0 bridgehead atoms. The third-order valence-electron chi connectivity index (χ3n) is 3.82. The van der Waals surface area contributed by atoms with Gasteiger partial charge in [0, 0.05) is 6.07 Å². The zero-order valence-corrected chi connectivity index (χ0v) is 14.7. The minimum atomic E-state index is -0.650.